The fourth-order valence-electron chi connectivity index (χ4n) is 3.41. The van der Waals surface area contributed by atoms with Crippen molar-refractivity contribution in [3.63, 3.8) is 0 Å². The van der Waals surface area contributed by atoms with Crippen molar-refractivity contribution in [3.8, 4) is 11.5 Å². The molecule has 0 aromatic heterocycles. The van der Waals surface area contributed by atoms with E-state index in [0.717, 1.165) is 12.8 Å². The quantitative estimate of drug-likeness (QED) is 0.369. The van der Waals surface area contributed by atoms with Gasteiger partial charge in [0.15, 0.2) is 0 Å². The number of rotatable bonds is 8. The Hall–Kier alpha value is -2.47. The second kappa shape index (κ2) is 9.15. The lowest BCUT2D eigenvalue weighted by Crippen LogP contribution is -2.19. The molecule has 0 unspecified atom stereocenters. The fraction of sp³-hybridized carbons (Fsp3) is 0.409. The van der Waals surface area contributed by atoms with E-state index in [1.807, 2.05) is 17.9 Å². The Labute approximate surface area is 164 Å². The number of para-hydroxylation sites is 1. The van der Waals surface area contributed by atoms with Gasteiger partial charge in [-0.05, 0) is 25.5 Å². The summed E-state index contributed by atoms with van der Waals surface area (Å²) >= 11 is 0. The first-order valence-corrected chi connectivity index (χ1v) is 9.58. The number of benzene rings is 2. The zero-order valence-corrected chi connectivity index (χ0v) is 16.3. The number of unbranched alkanes of at least 4 members (excludes halogenated alkanes) is 1. The van der Waals surface area contributed by atoms with Crippen LogP contribution in [-0.2, 0) is 13.1 Å². The van der Waals surface area contributed by atoms with E-state index >= 15 is 4.39 Å². The summed E-state index contributed by atoms with van der Waals surface area (Å²) in [6, 6.07) is 8.66. The van der Waals surface area contributed by atoms with Crippen molar-refractivity contribution >= 4 is 5.97 Å². The van der Waals surface area contributed by atoms with Crippen LogP contribution < -0.4 is 9.47 Å². The smallest absolute Gasteiger partial charge is 0.347 e. The molecule has 0 amide bonds. The highest BCUT2D eigenvalue weighted by Crippen LogP contribution is 2.39. The third-order valence-corrected chi connectivity index (χ3v) is 4.90. The van der Waals surface area contributed by atoms with Crippen LogP contribution >= 0.6 is 0 Å². The Balaban J connectivity index is 2.01. The number of fused-ring (bicyclic) bond motifs is 1. The molecule has 0 atom stereocenters. The number of esters is 1. The number of nitrogens with zero attached hydrogens (tertiary/aromatic N) is 1. The molecule has 1 aliphatic heterocycles. The Morgan fingerprint density at radius 2 is 1.89 bits per heavy atom. The maximum Gasteiger partial charge on any atom is 0.347 e. The number of alkyl halides is 1. The van der Waals surface area contributed by atoms with Crippen LogP contribution in [0.2, 0.25) is 0 Å². The fourth-order valence-corrected chi connectivity index (χ4v) is 3.41. The van der Waals surface area contributed by atoms with Crippen molar-refractivity contribution < 1.29 is 23.0 Å². The molecule has 0 bridgehead atoms. The summed E-state index contributed by atoms with van der Waals surface area (Å²) in [4.78, 5) is 14.7. The Kier molecular flexibility index (Phi) is 6.62. The maximum absolute atomic E-state index is 15.1. The molecule has 6 heteroatoms. The highest BCUT2D eigenvalue weighted by Gasteiger charge is 2.33. The summed E-state index contributed by atoms with van der Waals surface area (Å²) in [5.41, 5.74) is 1.41. The summed E-state index contributed by atoms with van der Waals surface area (Å²) in [6.45, 7) is 4.38. The summed E-state index contributed by atoms with van der Waals surface area (Å²) in [6.07, 6.45) is 1.74. The van der Waals surface area contributed by atoms with Crippen molar-refractivity contribution in [3.05, 3.63) is 58.4 Å². The van der Waals surface area contributed by atoms with E-state index in [1.54, 1.807) is 31.2 Å². The molecule has 3 rings (SSSR count). The average molecular weight is 389 g/mol. The molecule has 0 saturated carbocycles. The lowest BCUT2D eigenvalue weighted by Gasteiger charge is -2.18. The lowest BCUT2D eigenvalue weighted by molar-refractivity contribution is 0.0728. The number of carbonyl (C=O) groups excluding carboxylic acids is 1. The largest absolute Gasteiger partial charge is 0.492 e. The van der Waals surface area contributed by atoms with Gasteiger partial charge in [0.05, 0.1) is 6.61 Å². The predicted octanol–water partition coefficient (Wildman–Crippen LogP) is 4.82. The summed E-state index contributed by atoms with van der Waals surface area (Å²) in [7, 11) is 0. The van der Waals surface area contributed by atoms with Crippen molar-refractivity contribution in [2.75, 3.05) is 19.8 Å². The van der Waals surface area contributed by atoms with Gasteiger partial charge in [-0.3, -0.25) is 4.90 Å². The second-order valence-electron chi connectivity index (χ2n) is 6.90. The molecule has 0 spiro atoms. The second-order valence-corrected chi connectivity index (χ2v) is 6.90. The van der Waals surface area contributed by atoms with Gasteiger partial charge in [0, 0.05) is 36.3 Å². The van der Waals surface area contributed by atoms with E-state index in [1.165, 1.54) is 0 Å². The molecular formula is C22H25F2NO3. The first-order chi connectivity index (χ1) is 13.6. The molecule has 150 valence electrons. The van der Waals surface area contributed by atoms with Crippen molar-refractivity contribution in [2.45, 2.75) is 39.8 Å². The van der Waals surface area contributed by atoms with Crippen LogP contribution in [0.5, 0.6) is 11.5 Å². The van der Waals surface area contributed by atoms with Crippen LogP contribution in [-0.4, -0.2) is 30.7 Å². The van der Waals surface area contributed by atoms with Crippen LogP contribution in [0.3, 0.4) is 0 Å². The highest BCUT2D eigenvalue weighted by atomic mass is 19.1. The third kappa shape index (κ3) is 4.17. The molecule has 4 nitrogen and oxygen atoms in total. The van der Waals surface area contributed by atoms with E-state index in [2.05, 4.69) is 0 Å². The molecule has 0 fully saturated rings. The van der Waals surface area contributed by atoms with Gasteiger partial charge in [0.2, 0.25) is 0 Å². The van der Waals surface area contributed by atoms with Crippen molar-refractivity contribution in [1.29, 1.82) is 0 Å². The van der Waals surface area contributed by atoms with Gasteiger partial charge in [-0.25, -0.2) is 13.6 Å². The Bertz CT molecular complexity index is 840. The van der Waals surface area contributed by atoms with Crippen molar-refractivity contribution in [1.82, 2.24) is 4.90 Å². The summed E-state index contributed by atoms with van der Waals surface area (Å²) in [5.74, 6) is -0.351. The van der Waals surface area contributed by atoms with E-state index < -0.39 is 18.5 Å². The molecular weight excluding hydrogens is 364 g/mol. The van der Waals surface area contributed by atoms with Crippen molar-refractivity contribution in [2.24, 2.45) is 0 Å². The molecule has 2 aromatic rings. The number of carbonyl (C=O) groups is 1. The topological polar surface area (TPSA) is 38.8 Å². The zero-order valence-electron chi connectivity index (χ0n) is 16.3. The summed E-state index contributed by atoms with van der Waals surface area (Å²) in [5, 5.41) is 0. The Morgan fingerprint density at radius 3 is 2.57 bits per heavy atom. The minimum Gasteiger partial charge on any atom is -0.492 e. The Morgan fingerprint density at radius 1 is 1.18 bits per heavy atom. The predicted molar refractivity (Wildman–Crippen MR) is 103 cm³/mol. The van der Waals surface area contributed by atoms with Gasteiger partial charge < -0.3 is 9.47 Å². The van der Waals surface area contributed by atoms with E-state index in [0.29, 0.717) is 42.3 Å². The van der Waals surface area contributed by atoms with Gasteiger partial charge in [0.1, 0.15) is 29.6 Å². The number of hydrogen-bond donors (Lipinski definition) is 0. The molecule has 0 N–H and O–H groups in total. The van der Waals surface area contributed by atoms with Gasteiger partial charge in [-0.2, -0.15) is 0 Å². The van der Waals surface area contributed by atoms with Crippen LogP contribution in [0.1, 0.15) is 46.8 Å². The lowest BCUT2D eigenvalue weighted by atomic mass is 9.98. The minimum atomic E-state index is -0.652. The molecule has 2 aromatic carbocycles. The zero-order chi connectivity index (χ0) is 20.1. The highest BCUT2D eigenvalue weighted by molar-refractivity contribution is 5.96. The molecule has 28 heavy (non-hydrogen) atoms. The number of hydrogen-bond acceptors (Lipinski definition) is 4. The average Bonchev–Trinajstić information content (AvgIpc) is 3.11. The molecule has 1 aliphatic rings. The first kappa shape index (κ1) is 20.3. The molecule has 0 saturated heterocycles. The minimum absolute atomic E-state index is 0.110. The summed E-state index contributed by atoms with van der Waals surface area (Å²) < 4.78 is 39.3. The molecule has 0 radical (unpaired) electrons. The molecule has 1 heterocycles. The third-order valence-electron chi connectivity index (χ3n) is 4.90. The van der Waals surface area contributed by atoms with Gasteiger partial charge in [-0.1, -0.05) is 31.5 Å². The van der Waals surface area contributed by atoms with E-state index in [-0.39, 0.29) is 17.7 Å². The van der Waals surface area contributed by atoms with Crippen LogP contribution in [0.4, 0.5) is 8.78 Å². The van der Waals surface area contributed by atoms with Crippen LogP contribution in [0.25, 0.3) is 0 Å². The first-order valence-electron chi connectivity index (χ1n) is 9.58. The SMILES string of the molecule is CCCCOc1c2c(c(F)c(C)c1C(=O)Oc1ccccc1)CN(CCF)C2. The van der Waals surface area contributed by atoms with Gasteiger partial charge in [-0.15, -0.1) is 0 Å². The number of ether oxygens (including phenoxy) is 2. The maximum atomic E-state index is 15.1. The standard InChI is InChI=1S/C22H25F2NO3/c1-3-4-12-27-21-18-14-25(11-10-23)13-17(18)20(24)15(2)19(21)22(26)28-16-8-6-5-7-9-16/h5-9H,3-4,10-14H2,1-2H3. The van der Waals surface area contributed by atoms with Crippen LogP contribution in [0.15, 0.2) is 30.3 Å². The molecule has 0 aliphatic carbocycles. The number of halogens is 2. The van der Waals surface area contributed by atoms with Crippen LogP contribution in [0, 0.1) is 12.7 Å². The normalized spacial score (nSPS) is 13.4. The van der Waals surface area contributed by atoms with E-state index in [4.69, 9.17) is 9.47 Å². The van der Waals surface area contributed by atoms with Gasteiger partial charge >= 0.3 is 5.97 Å². The van der Waals surface area contributed by atoms with E-state index in [9.17, 15) is 9.18 Å². The monoisotopic (exact) mass is 389 g/mol. The van der Waals surface area contributed by atoms with Gasteiger partial charge in [0.25, 0.3) is 0 Å².